The number of ether oxygens (including phenoxy) is 1. The molecule has 1 rings (SSSR count). The Hall–Kier alpha value is -1.11. The van der Waals surface area contributed by atoms with E-state index in [-0.39, 0.29) is 0 Å². The highest BCUT2D eigenvalue weighted by molar-refractivity contribution is 7.93. The lowest BCUT2D eigenvalue weighted by Gasteiger charge is -2.24. The molecule has 2 unspecified atom stereocenters. The van der Waals surface area contributed by atoms with Gasteiger partial charge in [0.05, 0.1) is 9.73 Å². The normalized spacial score (nSPS) is 26.8. The van der Waals surface area contributed by atoms with Crippen LogP contribution in [0.4, 0.5) is 4.79 Å². The van der Waals surface area contributed by atoms with Gasteiger partial charge in [-0.2, -0.15) is 4.36 Å². The number of nitrogens with zero attached hydrogens (tertiary/aromatic N) is 1. The topological polar surface area (TPSA) is 84.8 Å². The summed E-state index contributed by atoms with van der Waals surface area (Å²) in [6.07, 6.45) is 1.41. The Morgan fingerprint density at radius 3 is 2.65 bits per heavy atom. The molecule has 1 aliphatic heterocycles. The van der Waals surface area contributed by atoms with Crippen LogP contribution in [0.25, 0.3) is 0 Å². The van der Waals surface area contributed by atoms with E-state index in [1.807, 2.05) is 6.92 Å². The van der Waals surface area contributed by atoms with E-state index in [4.69, 9.17) is 4.74 Å². The molecule has 0 radical (unpaired) electrons. The molecule has 2 atom stereocenters. The molecule has 116 valence electrons. The van der Waals surface area contributed by atoms with E-state index in [1.54, 1.807) is 20.8 Å². The maximum Gasteiger partial charge on any atom is 0.408 e. The first-order valence-electron chi connectivity index (χ1n) is 6.91. The summed E-state index contributed by atoms with van der Waals surface area (Å²) >= 11 is 0. The Kier molecular flexibility index (Phi) is 5.56. The summed E-state index contributed by atoms with van der Waals surface area (Å²) in [5.41, 5.74) is -0.617. The van der Waals surface area contributed by atoms with Gasteiger partial charge in [-0.05, 0) is 33.6 Å². The molecule has 0 saturated heterocycles. The minimum atomic E-state index is -2.42. The van der Waals surface area contributed by atoms with Gasteiger partial charge in [-0.1, -0.05) is 13.3 Å². The van der Waals surface area contributed by atoms with E-state index >= 15 is 0 Å². The first-order valence-corrected chi connectivity index (χ1v) is 8.76. The van der Waals surface area contributed by atoms with Crippen molar-refractivity contribution in [3.63, 3.8) is 0 Å². The van der Waals surface area contributed by atoms with Crippen LogP contribution in [0.2, 0.25) is 0 Å². The Morgan fingerprint density at radius 2 is 2.15 bits per heavy atom. The Bertz CT molecular complexity index is 487. The second kappa shape index (κ2) is 6.56. The summed E-state index contributed by atoms with van der Waals surface area (Å²) in [6.45, 7) is 7.24. The number of unbranched alkanes of at least 4 members (excludes halogenated alkanes) is 1. The number of alkyl carbamates (subject to hydrolysis) is 1. The van der Waals surface area contributed by atoms with Crippen LogP contribution < -0.4 is 5.32 Å². The van der Waals surface area contributed by atoms with Gasteiger partial charge in [0.25, 0.3) is 5.91 Å². The Balaban J connectivity index is 2.63. The summed E-state index contributed by atoms with van der Waals surface area (Å²) in [6, 6.07) is -0.721. The van der Waals surface area contributed by atoms with Crippen LogP contribution in [0.5, 0.6) is 0 Å². The molecule has 0 spiro atoms. The van der Waals surface area contributed by atoms with Crippen molar-refractivity contribution in [1.82, 2.24) is 5.32 Å². The molecule has 7 heteroatoms. The van der Waals surface area contributed by atoms with Crippen LogP contribution in [0.15, 0.2) is 4.36 Å². The number of amides is 2. The predicted octanol–water partition coefficient (Wildman–Crippen LogP) is 2.08. The molecule has 1 N–H and O–H groups in total. The lowest BCUT2D eigenvalue weighted by atomic mass is 10.2. The highest BCUT2D eigenvalue weighted by atomic mass is 32.2. The van der Waals surface area contributed by atoms with Gasteiger partial charge in [-0.25, -0.2) is 9.00 Å². The number of rotatable bonds is 4. The number of hydrogen-bond donors (Lipinski definition) is 1. The van der Waals surface area contributed by atoms with Crippen molar-refractivity contribution in [3.05, 3.63) is 0 Å². The van der Waals surface area contributed by atoms with Crippen LogP contribution in [0.1, 0.15) is 47.0 Å². The molecule has 0 saturated carbocycles. The van der Waals surface area contributed by atoms with Gasteiger partial charge in [0.1, 0.15) is 11.6 Å². The van der Waals surface area contributed by atoms with Crippen LogP contribution in [0.3, 0.4) is 0 Å². The summed E-state index contributed by atoms with van der Waals surface area (Å²) in [5.74, 6) is 0.288. The van der Waals surface area contributed by atoms with Crippen molar-refractivity contribution in [2.24, 2.45) is 4.36 Å². The summed E-state index contributed by atoms with van der Waals surface area (Å²) in [4.78, 5) is 23.5. The summed E-state index contributed by atoms with van der Waals surface area (Å²) in [7, 11) is -2.42. The average molecular weight is 304 g/mol. The number of hydrogen-bond acceptors (Lipinski definition) is 4. The number of nitrogens with one attached hydrogen (secondary N) is 1. The fraction of sp³-hybridized carbons (Fsp3) is 0.846. The second-order valence-electron chi connectivity index (χ2n) is 5.95. The molecule has 0 fully saturated rings. The Morgan fingerprint density at radius 1 is 1.50 bits per heavy atom. The van der Waals surface area contributed by atoms with Crippen molar-refractivity contribution in [2.45, 2.75) is 58.6 Å². The molecular weight excluding hydrogens is 280 g/mol. The zero-order chi connectivity index (χ0) is 15.4. The van der Waals surface area contributed by atoms with E-state index in [2.05, 4.69) is 9.68 Å². The summed E-state index contributed by atoms with van der Waals surface area (Å²) < 4.78 is 21.2. The number of carbonyl (C=O) groups is 2. The van der Waals surface area contributed by atoms with Crippen molar-refractivity contribution < 1.29 is 18.5 Å². The molecular formula is C13H24N2O4S. The van der Waals surface area contributed by atoms with Crippen LogP contribution >= 0.6 is 0 Å². The molecule has 6 nitrogen and oxygen atoms in total. The highest BCUT2D eigenvalue weighted by Gasteiger charge is 2.30. The van der Waals surface area contributed by atoms with Crippen LogP contribution in [0, 0.1) is 0 Å². The SMILES string of the molecule is CCCCS1(=O)=NC(=O)C(NC(=O)OC(C)(C)C)CC1. The van der Waals surface area contributed by atoms with Crippen molar-refractivity contribution in [2.75, 3.05) is 11.5 Å². The predicted molar refractivity (Wildman–Crippen MR) is 78.0 cm³/mol. The van der Waals surface area contributed by atoms with Gasteiger partial charge in [-0.3, -0.25) is 4.79 Å². The highest BCUT2D eigenvalue weighted by Crippen LogP contribution is 2.14. The van der Waals surface area contributed by atoms with Gasteiger partial charge in [0.2, 0.25) is 0 Å². The molecule has 1 aliphatic rings. The van der Waals surface area contributed by atoms with Gasteiger partial charge < -0.3 is 10.1 Å². The first-order chi connectivity index (χ1) is 9.15. The van der Waals surface area contributed by atoms with E-state index in [9.17, 15) is 13.8 Å². The van der Waals surface area contributed by atoms with Gasteiger partial charge >= 0.3 is 6.09 Å². The van der Waals surface area contributed by atoms with Crippen molar-refractivity contribution in [3.8, 4) is 0 Å². The van der Waals surface area contributed by atoms with Crippen molar-refractivity contribution >= 4 is 21.7 Å². The van der Waals surface area contributed by atoms with Crippen molar-refractivity contribution in [1.29, 1.82) is 0 Å². The molecule has 0 aliphatic carbocycles. The average Bonchev–Trinajstić information content (AvgIpc) is 2.28. The molecule has 20 heavy (non-hydrogen) atoms. The van der Waals surface area contributed by atoms with E-state index < -0.39 is 33.4 Å². The molecule has 0 aromatic heterocycles. The first kappa shape index (κ1) is 16.9. The second-order valence-corrected chi connectivity index (χ2v) is 8.50. The fourth-order valence-electron chi connectivity index (χ4n) is 1.80. The lowest BCUT2D eigenvalue weighted by Crippen LogP contribution is -2.46. The zero-order valence-corrected chi connectivity index (χ0v) is 13.4. The molecule has 2 amide bonds. The molecule has 0 aromatic carbocycles. The Labute approximate surface area is 120 Å². The third kappa shape index (κ3) is 5.48. The number of carbonyl (C=O) groups excluding carboxylic acids is 2. The molecule has 1 heterocycles. The third-order valence-electron chi connectivity index (χ3n) is 2.79. The molecule has 0 bridgehead atoms. The third-order valence-corrected chi connectivity index (χ3v) is 5.10. The van der Waals surface area contributed by atoms with Gasteiger partial charge in [-0.15, -0.1) is 0 Å². The fourth-order valence-corrected chi connectivity index (χ4v) is 3.99. The van der Waals surface area contributed by atoms with Crippen LogP contribution in [-0.4, -0.2) is 39.4 Å². The standard InChI is InChI=1S/C13H24N2O4S/c1-5-6-8-20(18)9-7-10(11(16)15-20)14-12(17)19-13(2,3)4/h10H,5-9H2,1-4H3,(H,14,17). The van der Waals surface area contributed by atoms with E-state index in [0.29, 0.717) is 17.9 Å². The van der Waals surface area contributed by atoms with Gasteiger partial charge in [0, 0.05) is 11.5 Å². The quantitative estimate of drug-likeness (QED) is 0.861. The van der Waals surface area contributed by atoms with Gasteiger partial charge in [0.15, 0.2) is 0 Å². The minimum Gasteiger partial charge on any atom is -0.444 e. The molecule has 0 aromatic rings. The van der Waals surface area contributed by atoms with E-state index in [0.717, 1.165) is 12.8 Å². The minimum absolute atomic E-state index is 0.346. The maximum atomic E-state index is 12.3. The smallest absolute Gasteiger partial charge is 0.408 e. The van der Waals surface area contributed by atoms with E-state index in [1.165, 1.54) is 0 Å². The zero-order valence-electron chi connectivity index (χ0n) is 12.6. The monoisotopic (exact) mass is 304 g/mol. The van der Waals surface area contributed by atoms with Crippen LogP contribution in [-0.2, 0) is 19.3 Å². The summed E-state index contributed by atoms with van der Waals surface area (Å²) in [5, 5.41) is 2.49. The lowest BCUT2D eigenvalue weighted by molar-refractivity contribution is -0.119. The largest absolute Gasteiger partial charge is 0.444 e. The maximum absolute atomic E-state index is 12.3.